The van der Waals surface area contributed by atoms with E-state index in [1.807, 2.05) is 12.1 Å². The topological polar surface area (TPSA) is 95.5 Å². The Kier molecular flexibility index (Phi) is 7.09. The summed E-state index contributed by atoms with van der Waals surface area (Å²) in [6, 6.07) is 6.74. The summed E-state index contributed by atoms with van der Waals surface area (Å²) >= 11 is 1.37. The van der Waals surface area contributed by atoms with Crippen LogP contribution in [0.3, 0.4) is 0 Å². The zero-order valence-corrected chi connectivity index (χ0v) is 14.4. The van der Waals surface area contributed by atoms with E-state index in [0.717, 1.165) is 4.90 Å². The summed E-state index contributed by atoms with van der Waals surface area (Å²) in [7, 11) is 0. The zero-order chi connectivity index (χ0) is 17.6. The van der Waals surface area contributed by atoms with Crippen molar-refractivity contribution in [3.63, 3.8) is 0 Å². The maximum Gasteiger partial charge on any atom is 0.308 e. The molecular weight excluding hydrogens is 316 g/mol. The Labute approximate surface area is 140 Å². The molecule has 0 saturated heterocycles. The van der Waals surface area contributed by atoms with Gasteiger partial charge in [0.05, 0.1) is 11.2 Å². The number of benzene rings is 1. The molecule has 0 fully saturated rings. The van der Waals surface area contributed by atoms with Gasteiger partial charge in [-0.05, 0) is 45.0 Å². The van der Waals surface area contributed by atoms with E-state index in [1.54, 1.807) is 32.9 Å². The van der Waals surface area contributed by atoms with E-state index in [9.17, 15) is 14.4 Å². The molecule has 1 aromatic rings. The molecule has 0 aromatic heterocycles. The van der Waals surface area contributed by atoms with Crippen LogP contribution in [-0.2, 0) is 14.4 Å². The van der Waals surface area contributed by atoms with Crippen molar-refractivity contribution in [2.24, 2.45) is 5.92 Å². The van der Waals surface area contributed by atoms with Crippen LogP contribution < -0.4 is 10.6 Å². The molecule has 23 heavy (non-hydrogen) atoms. The fourth-order valence-corrected chi connectivity index (χ4v) is 2.63. The van der Waals surface area contributed by atoms with Crippen molar-refractivity contribution in [2.45, 2.75) is 43.9 Å². The van der Waals surface area contributed by atoms with Gasteiger partial charge in [0.15, 0.2) is 0 Å². The lowest BCUT2D eigenvalue weighted by Gasteiger charge is -2.20. The Morgan fingerprint density at radius 2 is 1.65 bits per heavy atom. The molecule has 0 aliphatic carbocycles. The lowest BCUT2D eigenvalue weighted by atomic mass is 10.0. The maximum atomic E-state index is 12.1. The van der Waals surface area contributed by atoms with Crippen molar-refractivity contribution in [3.05, 3.63) is 24.3 Å². The van der Waals surface area contributed by atoms with Crippen LogP contribution in [0.15, 0.2) is 29.2 Å². The first-order valence-electron chi connectivity index (χ1n) is 7.28. The van der Waals surface area contributed by atoms with E-state index < -0.39 is 17.9 Å². The molecule has 0 aliphatic rings. The first kappa shape index (κ1) is 19.0. The quantitative estimate of drug-likeness (QED) is 0.663. The number of thioether (sulfide) groups is 1. The van der Waals surface area contributed by atoms with E-state index in [1.165, 1.54) is 18.7 Å². The van der Waals surface area contributed by atoms with Gasteiger partial charge in [0.2, 0.25) is 11.8 Å². The number of nitrogens with one attached hydrogen (secondary N) is 2. The number of carboxylic acids is 1. The molecule has 3 N–H and O–H groups in total. The molecule has 0 radical (unpaired) electrons. The molecule has 6 nitrogen and oxygen atoms in total. The van der Waals surface area contributed by atoms with Crippen LogP contribution in [0.25, 0.3) is 0 Å². The summed E-state index contributed by atoms with van der Waals surface area (Å²) in [4.78, 5) is 34.9. The average Bonchev–Trinajstić information content (AvgIpc) is 2.47. The molecule has 0 heterocycles. The smallest absolute Gasteiger partial charge is 0.308 e. The van der Waals surface area contributed by atoms with Gasteiger partial charge in [-0.25, -0.2) is 0 Å². The highest BCUT2D eigenvalue weighted by atomic mass is 32.2. The second kappa shape index (κ2) is 8.57. The molecule has 126 valence electrons. The Balaban J connectivity index is 2.57. The van der Waals surface area contributed by atoms with E-state index in [4.69, 9.17) is 5.11 Å². The van der Waals surface area contributed by atoms with Gasteiger partial charge in [0, 0.05) is 23.5 Å². The number of carbonyl (C=O) groups excluding carboxylic acids is 2. The lowest BCUT2D eigenvalue weighted by molar-refractivity contribution is -0.142. The number of carbonyl (C=O) groups is 3. The van der Waals surface area contributed by atoms with Gasteiger partial charge < -0.3 is 15.7 Å². The van der Waals surface area contributed by atoms with Gasteiger partial charge in [-0.2, -0.15) is 0 Å². The molecule has 1 aromatic carbocycles. The van der Waals surface area contributed by atoms with E-state index in [2.05, 4.69) is 10.6 Å². The molecule has 7 heteroatoms. The molecule has 3 unspecified atom stereocenters. The molecule has 3 atom stereocenters. The molecule has 0 aliphatic heterocycles. The minimum Gasteiger partial charge on any atom is -0.481 e. The Morgan fingerprint density at radius 3 is 2.13 bits per heavy atom. The molecular formula is C16H22N2O4S. The molecule has 1 rings (SSSR count). The fraction of sp³-hybridized carbons (Fsp3) is 0.438. The van der Waals surface area contributed by atoms with Crippen molar-refractivity contribution >= 4 is 35.2 Å². The Hall–Kier alpha value is -2.02. The highest BCUT2D eigenvalue weighted by Gasteiger charge is 2.23. The standard InChI is InChI=1S/C16H22N2O4S/c1-9(16(21)22)10(2)17-15(20)11(3)23-14-7-5-13(6-8-14)18-12(4)19/h5-11H,1-4H3,(H,17,20)(H,18,19)(H,21,22). The Morgan fingerprint density at radius 1 is 1.09 bits per heavy atom. The number of carboxylic acid groups (broad SMARTS) is 1. The SMILES string of the molecule is CC(=O)Nc1ccc(SC(C)C(=O)NC(C)C(C)C(=O)O)cc1. The van der Waals surface area contributed by atoms with Gasteiger partial charge >= 0.3 is 5.97 Å². The van der Waals surface area contributed by atoms with Crippen molar-refractivity contribution in [1.82, 2.24) is 5.32 Å². The molecule has 0 bridgehead atoms. The summed E-state index contributed by atoms with van der Waals surface area (Å²) in [5.74, 6) is -1.93. The first-order valence-corrected chi connectivity index (χ1v) is 8.16. The molecule has 0 spiro atoms. The average molecular weight is 338 g/mol. The van der Waals surface area contributed by atoms with Crippen LogP contribution in [0, 0.1) is 5.92 Å². The van der Waals surface area contributed by atoms with E-state index in [0.29, 0.717) is 5.69 Å². The second-order valence-electron chi connectivity index (χ2n) is 5.39. The predicted octanol–water partition coefficient (Wildman–Crippen LogP) is 2.35. The predicted molar refractivity (Wildman–Crippen MR) is 90.5 cm³/mol. The minimum absolute atomic E-state index is 0.139. The zero-order valence-electron chi connectivity index (χ0n) is 13.6. The molecule has 0 saturated carbocycles. The summed E-state index contributed by atoms with van der Waals surface area (Å²) in [6.45, 7) is 6.44. The third-order valence-electron chi connectivity index (χ3n) is 3.37. The summed E-state index contributed by atoms with van der Waals surface area (Å²) in [6.07, 6.45) is 0. The minimum atomic E-state index is -0.938. The number of rotatable bonds is 7. The van der Waals surface area contributed by atoms with Crippen molar-refractivity contribution < 1.29 is 19.5 Å². The summed E-state index contributed by atoms with van der Waals surface area (Å²) < 4.78 is 0. The summed E-state index contributed by atoms with van der Waals surface area (Å²) in [5.41, 5.74) is 0.697. The van der Waals surface area contributed by atoms with E-state index in [-0.39, 0.29) is 17.1 Å². The van der Waals surface area contributed by atoms with Gasteiger partial charge in [-0.1, -0.05) is 0 Å². The van der Waals surface area contributed by atoms with E-state index >= 15 is 0 Å². The largest absolute Gasteiger partial charge is 0.481 e. The molecule has 2 amide bonds. The van der Waals surface area contributed by atoms with Gasteiger partial charge in [-0.3, -0.25) is 14.4 Å². The monoisotopic (exact) mass is 338 g/mol. The van der Waals surface area contributed by atoms with Gasteiger partial charge in [-0.15, -0.1) is 11.8 Å². The fourth-order valence-electron chi connectivity index (χ4n) is 1.76. The van der Waals surface area contributed by atoms with Crippen molar-refractivity contribution in [2.75, 3.05) is 5.32 Å². The van der Waals surface area contributed by atoms with Crippen LogP contribution in [-0.4, -0.2) is 34.2 Å². The number of anilines is 1. The third-order valence-corrected chi connectivity index (χ3v) is 4.48. The van der Waals surface area contributed by atoms with Crippen molar-refractivity contribution in [3.8, 4) is 0 Å². The number of hydrogen-bond acceptors (Lipinski definition) is 4. The van der Waals surface area contributed by atoms with Gasteiger partial charge in [0.1, 0.15) is 0 Å². The lowest BCUT2D eigenvalue weighted by Crippen LogP contribution is -2.43. The number of amides is 2. The highest BCUT2D eigenvalue weighted by molar-refractivity contribution is 8.00. The van der Waals surface area contributed by atoms with Crippen LogP contribution >= 0.6 is 11.8 Å². The third kappa shape index (κ3) is 6.32. The normalized spacial score (nSPS) is 14.4. The highest BCUT2D eigenvalue weighted by Crippen LogP contribution is 2.25. The Bertz CT molecular complexity index is 574. The maximum absolute atomic E-state index is 12.1. The first-order chi connectivity index (χ1) is 10.7. The van der Waals surface area contributed by atoms with Crippen LogP contribution in [0.1, 0.15) is 27.7 Å². The number of hydrogen-bond donors (Lipinski definition) is 3. The number of aliphatic carboxylic acids is 1. The van der Waals surface area contributed by atoms with Gasteiger partial charge in [0.25, 0.3) is 0 Å². The van der Waals surface area contributed by atoms with Crippen LogP contribution in [0.5, 0.6) is 0 Å². The second-order valence-corrected chi connectivity index (χ2v) is 6.80. The van der Waals surface area contributed by atoms with Crippen LogP contribution in [0.2, 0.25) is 0 Å². The van der Waals surface area contributed by atoms with Crippen molar-refractivity contribution in [1.29, 1.82) is 0 Å². The summed E-state index contributed by atoms with van der Waals surface area (Å²) in [5, 5.41) is 14.0. The van der Waals surface area contributed by atoms with Crippen LogP contribution in [0.4, 0.5) is 5.69 Å².